The topological polar surface area (TPSA) is 88.6 Å². The molecule has 3 aromatic rings. The molecule has 0 fully saturated rings. The number of rotatable bonds is 6. The van der Waals surface area contributed by atoms with Crippen molar-refractivity contribution < 1.29 is 32.3 Å². The Morgan fingerprint density at radius 1 is 0.970 bits per heavy atom. The first-order valence-corrected chi connectivity index (χ1v) is 9.58. The van der Waals surface area contributed by atoms with Crippen molar-refractivity contribution >= 4 is 35.0 Å². The number of aromatic nitrogens is 1. The number of carbonyl (C=O) groups is 3. The zero-order chi connectivity index (χ0) is 24.0. The maximum atomic E-state index is 13.3. The number of esters is 1. The van der Waals surface area contributed by atoms with Crippen molar-refractivity contribution in [1.29, 1.82) is 0 Å². The third kappa shape index (κ3) is 5.94. The van der Waals surface area contributed by atoms with Gasteiger partial charge in [0.05, 0.1) is 31.1 Å². The number of carbonyl (C=O) groups excluding carboxylic acids is 3. The van der Waals surface area contributed by atoms with E-state index in [1.54, 1.807) is 30.3 Å². The van der Waals surface area contributed by atoms with Crippen LogP contribution in [0.4, 0.5) is 30.4 Å². The minimum atomic E-state index is -5.16. The predicted octanol–water partition coefficient (Wildman–Crippen LogP) is 4.28. The highest BCUT2D eigenvalue weighted by molar-refractivity contribution is 6.05. The molecule has 0 saturated heterocycles. The molecule has 1 N–H and O–H groups in total. The molecule has 0 atom stereocenters. The van der Waals surface area contributed by atoms with Crippen molar-refractivity contribution in [2.75, 3.05) is 17.3 Å². The van der Waals surface area contributed by atoms with Gasteiger partial charge >= 0.3 is 18.1 Å². The molecule has 10 heteroatoms. The van der Waals surface area contributed by atoms with Crippen LogP contribution in [0.15, 0.2) is 72.9 Å². The lowest BCUT2D eigenvalue weighted by molar-refractivity contribution is -0.169. The van der Waals surface area contributed by atoms with Crippen LogP contribution >= 0.6 is 0 Å². The number of halogens is 3. The summed E-state index contributed by atoms with van der Waals surface area (Å²) in [5.74, 6) is -3.37. The van der Waals surface area contributed by atoms with E-state index in [-0.39, 0.29) is 23.6 Å². The molecule has 0 aliphatic heterocycles. The number of nitrogens with zero attached hydrogens (tertiary/aromatic N) is 2. The van der Waals surface area contributed by atoms with Gasteiger partial charge < -0.3 is 10.1 Å². The number of amides is 2. The summed E-state index contributed by atoms with van der Waals surface area (Å²) in [4.78, 5) is 40.1. The fourth-order valence-electron chi connectivity index (χ4n) is 2.87. The van der Waals surface area contributed by atoms with Crippen molar-refractivity contribution in [1.82, 2.24) is 4.98 Å². The average Bonchev–Trinajstić information content (AvgIpc) is 2.81. The van der Waals surface area contributed by atoms with Gasteiger partial charge in [0.25, 0.3) is 5.91 Å². The summed E-state index contributed by atoms with van der Waals surface area (Å²) in [5, 5.41) is 2.58. The van der Waals surface area contributed by atoms with Gasteiger partial charge in [-0.15, -0.1) is 0 Å². The number of anilines is 3. The summed E-state index contributed by atoms with van der Waals surface area (Å²) in [5.41, 5.74) is 1.03. The van der Waals surface area contributed by atoms with E-state index < -0.39 is 24.0 Å². The summed E-state index contributed by atoms with van der Waals surface area (Å²) in [6.45, 7) is 0. The first-order chi connectivity index (χ1) is 15.7. The maximum absolute atomic E-state index is 13.3. The molecule has 0 spiro atoms. The molecule has 0 radical (unpaired) electrons. The van der Waals surface area contributed by atoms with Crippen LogP contribution in [0.2, 0.25) is 0 Å². The molecule has 0 unspecified atom stereocenters. The first kappa shape index (κ1) is 23.5. The summed E-state index contributed by atoms with van der Waals surface area (Å²) in [7, 11) is 1.22. The van der Waals surface area contributed by atoms with Crippen LogP contribution < -0.4 is 10.2 Å². The predicted molar refractivity (Wildman–Crippen MR) is 114 cm³/mol. The molecule has 0 aliphatic rings. The molecule has 0 bridgehead atoms. The maximum Gasteiger partial charge on any atom is 0.472 e. The van der Waals surface area contributed by atoms with Crippen LogP contribution in [0.5, 0.6) is 0 Å². The second-order valence-corrected chi connectivity index (χ2v) is 6.78. The number of methoxy groups -OCH3 is 1. The van der Waals surface area contributed by atoms with Crippen molar-refractivity contribution in [3.63, 3.8) is 0 Å². The van der Waals surface area contributed by atoms with E-state index in [9.17, 15) is 27.6 Å². The highest BCUT2D eigenvalue weighted by Crippen LogP contribution is 2.30. The number of pyridine rings is 1. The normalized spacial score (nSPS) is 10.9. The molecule has 7 nitrogen and oxygen atoms in total. The van der Waals surface area contributed by atoms with E-state index in [1.807, 2.05) is 0 Å². The Bertz CT molecular complexity index is 1130. The average molecular weight is 457 g/mol. The lowest BCUT2D eigenvalue weighted by Gasteiger charge is -2.23. The number of benzene rings is 2. The smallest absolute Gasteiger partial charge is 0.469 e. The van der Waals surface area contributed by atoms with Crippen LogP contribution in [-0.2, 0) is 20.7 Å². The molecule has 1 heterocycles. The van der Waals surface area contributed by atoms with Crippen LogP contribution in [0, 0.1) is 0 Å². The zero-order valence-electron chi connectivity index (χ0n) is 17.3. The Hall–Kier alpha value is -4.21. The van der Waals surface area contributed by atoms with Gasteiger partial charge in [0.15, 0.2) is 0 Å². The van der Waals surface area contributed by atoms with Gasteiger partial charge in [-0.05, 0) is 42.0 Å². The molecule has 0 aliphatic carbocycles. The fraction of sp³-hybridized carbons (Fsp3) is 0.130. The Labute approximate surface area is 186 Å². The molecule has 170 valence electrons. The van der Waals surface area contributed by atoms with E-state index in [2.05, 4.69) is 15.0 Å². The van der Waals surface area contributed by atoms with Gasteiger partial charge in [-0.3, -0.25) is 19.3 Å². The summed E-state index contributed by atoms with van der Waals surface area (Å²) in [6, 6.07) is 16.2. The second-order valence-electron chi connectivity index (χ2n) is 6.78. The Morgan fingerprint density at radius 2 is 1.64 bits per heavy atom. The van der Waals surface area contributed by atoms with E-state index in [1.165, 1.54) is 43.5 Å². The van der Waals surface area contributed by atoms with Crippen molar-refractivity contribution in [3.8, 4) is 0 Å². The van der Waals surface area contributed by atoms with Gasteiger partial charge in [-0.25, -0.2) is 4.98 Å². The Balaban J connectivity index is 1.86. The Morgan fingerprint density at radius 3 is 2.18 bits per heavy atom. The van der Waals surface area contributed by atoms with E-state index in [0.29, 0.717) is 16.0 Å². The molecular formula is C23H18F3N3O4. The van der Waals surface area contributed by atoms with Crippen LogP contribution in [0.3, 0.4) is 0 Å². The third-order valence-corrected chi connectivity index (χ3v) is 4.49. The van der Waals surface area contributed by atoms with Crippen LogP contribution in [0.1, 0.15) is 15.9 Å². The minimum absolute atomic E-state index is 0.0714. The lowest BCUT2D eigenvalue weighted by atomic mass is 10.1. The molecule has 2 aromatic carbocycles. The highest BCUT2D eigenvalue weighted by Gasteiger charge is 2.44. The van der Waals surface area contributed by atoms with Crippen LogP contribution in [-0.4, -0.2) is 36.1 Å². The van der Waals surface area contributed by atoms with Gasteiger partial charge in [0, 0.05) is 5.56 Å². The quantitative estimate of drug-likeness (QED) is 0.559. The summed E-state index contributed by atoms with van der Waals surface area (Å²) < 4.78 is 44.4. The molecule has 0 saturated carbocycles. The van der Waals surface area contributed by atoms with E-state index in [0.717, 1.165) is 6.20 Å². The largest absolute Gasteiger partial charge is 0.472 e. The standard InChI is InChI=1S/C23H18F3N3O4/c1-33-20(30)13-15-7-10-18(11-8-15)29(22(32)23(24,25)26)19-12-9-17(14-27-19)28-21(31)16-5-3-2-4-6-16/h2-12,14H,13H2,1H3,(H,28,31). The molecule has 33 heavy (non-hydrogen) atoms. The third-order valence-electron chi connectivity index (χ3n) is 4.49. The van der Waals surface area contributed by atoms with Gasteiger partial charge in [0.2, 0.25) is 0 Å². The van der Waals surface area contributed by atoms with Crippen molar-refractivity contribution in [2.24, 2.45) is 0 Å². The van der Waals surface area contributed by atoms with Gasteiger partial charge in [0.1, 0.15) is 5.82 Å². The highest BCUT2D eigenvalue weighted by atomic mass is 19.4. The lowest BCUT2D eigenvalue weighted by Crippen LogP contribution is -2.38. The number of hydrogen-bond acceptors (Lipinski definition) is 5. The van der Waals surface area contributed by atoms with E-state index >= 15 is 0 Å². The summed E-state index contributed by atoms with van der Waals surface area (Å²) >= 11 is 0. The minimum Gasteiger partial charge on any atom is -0.469 e. The van der Waals surface area contributed by atoms with Crippen LogP contribution in [0.25, 0.3) is 0 Å². The van der Waals surface area contributed by atoms with Gasteiger partial charge in [-0.2, -0.15) is 13.2 Å². The van der Waals surface area contributed by atoms with E-state index in [4.69, 9.17) is 0 Å². The second kappa shape index (κ2) is 9.94. The molecular weight excluding hydrogens is 439 g/mol. The number of ether oxygens (including phenoxy) is 1. The monoisotopic (exact) mass is 457 g/mol. The SMILES string of the molecule is COC(=O)Cc1ccc(N(C(=O)C(F)(F)F)c2ccc(NC(=O)c3ccccc3)cn2)cc1. The van der Waals surface area contributed by atoms with Crippen molar-refractivity contribution in [2.45, 2.75) is 12.6 Å². The van der Waals surface area contributed by atoms with Gasteiger partial charge in [-0.1, -0.05) is 30.3 Å². The molecule has 3 rings (SSSR count). The summed E-state index contributed by atoms with van der Waals surface area (Å²) in [6.07, 6.45) is -4.08. The first-order valence-electron chi connectivity index (χ1n) is 9.58. The molecule has 1 aromatic heterocycles. The number of alkyl halides is 3. The van der Waals surface area contributed by atoms with Crippen molar-refractivity contribution in [3.05, 3.63) is 84.1 Å². The fourth-order valence-corrected chi connectivity index (χ4v) is 2.87. The Kier molecular flexibility index (Phi) is 7.07. The molecule has 2 amide bonds. The zero-order valence-corrected chi connectivity index (χ0v) is 17.3. The number of nitrogens with one attached hydrogen (secondary N) is 1. The number of hydrogen-bond donors (Lipinski definition) is 1.